The minimum absolute atomic E-state index is 0.0221. The van der Waals surface area contributed by atoms with Crippen molar-refractivity contribution >= 4 is 5.97 Å². The molecule has 0 radical (unpaired) electrons. The van der Waals surface area contributed by atoms with Gasteiger partial charge in [0.2, 0.25) is 0 Å². The second-order valence-electron chi connectivity index (χ2n) is 4.30. The third-order valence-corrected chi connectivity index (χ3v) is 2.57. The molecule has 2 rings (SSSR count). The third-order valence-electron chi connectivity index (χ3n) is 2.57. The molecular formula is C13H13N3O4. The fourth-order valence-corrected chi connectivity index (χ4v) is 1.62. The molecule has 104 valence electrons. The quantitative estimate of drug-likeness (QED) is 0.912. The predicted molar refractivity (Wildman–Crippen MR) is 70.2 cm³/mol. The molecule has 2 aromatic rings. The summed E-state index contributed by atoms with van der Waals surface area (Å²) >= 11 is 0. The van der Waals surface area contributed by atoms with E-state index in [-0.39, 0.29) is 23.4 Å². The van der Waals surface area contributed by atoms with Gasteiger partial charge in [-0.25, -0.2) is 14.8 Å². The summed E-state index contributed by atoms with van der Waals surface area (Å²) in [6.07, 6.45) is 4.30. The van der Waals surface area contributed by atoms with Crippen LogP contribution in [0.2, 0.25) is 0 Å². The monoisotopic (exact) mass is 275 g/mol. The van der Waals surface area contributed by atoms with E-state index in [1.165, 1.54) is 29.1 Å². The molecule has 2 heterocycles. The molecule has 0 aromatic carbocycles. The number of aromatic nitrogens is 3. The van der Waals surface area contributed by atoms with Crippen LogP contribution in [0.5, 0.6) is 11.6 Å². The maximum atomic E-state index is 12.1. The second kappa shape index (κ2) is 5.52. The Labute approximate surface area is 114 Å². The summed E-state index contributed by atoms with van der Waals surface area (Å²) in [5, 5.41) is 9.01. The lowest BCUT2D eigenvalue weighted by atomic mass is 10.3. The van der Waals surface area contributed by atoms with E-state index >= 15 is 0 Å². The molecule has 0 unspecified atom stereocenters. The number of aromatic carboxylic acids is 1. The third kappa shape index (κ3) is 2.66. The van der Waals surface area contributed by atoms with Gasteiger partial charge in [-0.1, -0.05) is 0 Å². The van der Waals surface area contributed by atoms with Gasteiger partial charge in [0.15, 0.2) is 11.4 Å². The van der Waals surface area contributed by atoms with Gasteiger partial charge in [-0.15, -0.1) is 0 Å². The Morgan fingerprint density at radius 2 is 2.10 bits per heavy atom. The molecule has 0 fully saturated rings. The highest BCUT2D eigenvalue weighted by molar-refractivity contribution is 5.88. The van der Waals surface area contributed by atoms with E-state index in [0.717, 1.165) is 0 Å². The number of carboxylic acids is 1. The number of ether oxygens (including phenoxy) is 1. The number of rotatable bonds is 4. The van der Waals surface area contributed by atoms with Crippen LogP contribution in [0.3, 0.4) is 0 Å². The summed E-state index contributed by atoms with van der Waals surface area (Å²) in [7, 11) is 0. The minimum atomic E-state index is -1.24. The second-order valence-corrected chi connectivity index (χ2v) is 4.30. The highest BCUT2D eigenvalue weighted by atomic mass is 16.5. The first-order valence-electron chi connectivity index (χ1n) is 5.94. The molecule has 0 amide bonds. The first-order chi connectivity index (χ1) is 9.50. The Balaban J connectivity index is 2.44. The number of nitrogens with zero attached hydrogens (tertiary/aromatic N) is 3. The summed E-state index contributed by atoms with van der Waals surface area (Å²) in [5.41, 5.74) is -0.698. The lowest BCUT2D eigenvalue weighted by Gasteiger charge is -2.11. The van der Waals surface area contributed by atoms with E-state index < -0.39 is 11.5 Å². The van der Waals surface area contributed by atoms with Gasteiger partial charge in [0.25, 0.3) is 5.88 Å². The normalized spacial score (nSPS) is 10.6. The first kappa shape index (κ1) is 13.7. The van der Waals surface area contributed by atoms with E-state index in [0.29, 0.717) is 0 Å². The molecule has 0 saturated heterocycles. The average Bonchev–Trinajstić information content (AvgIpc) is 2.41. The molecule has 7 heteroatoms. The number of hydrogen-bond acceptors (Lipinski definition) is 5. The maximum absolute atomic E-state index is 12.1. The highest BCUT2D eigenvalue weighted by Gasteiger charge is 2.16. The van der Waals surface area contributed by atoms with Gasteiger partial charge in [0.1, 0.15) is 0 Å². The van der Waals surface area contributed by atoms with Gasteiger partial charge in [0.05, 0.1) is 0 Å². The van der Waals surface area contributed by atoms with Crippen molar-refractivity contribution in [2.24, 2.45) is 0 Å². The molecule has 0 spiro atoms. The van der Waals surface area contributed by atoms with Crippen LogP contribution < -0.4 is 10.3 Å². The average molecular weight is 275 g/mol. The van der Waals surface area contributed by atoms with Crippen LogP contribution in [0.4, 0.5) is 0 Å². The fraction of sp³-hybridized carbons (Fsp3) is 0.231. The SMILES string of the molecule is CC(C)n1ccnc(Oc2cccnc2C(=O)O)c1=O. The molecule has 0 aliphatic rings. The Kier molecular flexibility index (Phi) is 3.79. The Hall–Kier alpha value is -2.70. The molecule has 0 bridgehead atoms. The van der Waals surface area contributed by atoms with Crippen molar-refractivity contribution in [3.8, 4) is 11.6 Å². The van der Waals surface area contributed by atoms with Crippen LogP contribution in [0.1, 0.15) is 30.4 Å². The van der Waals surface area contributed by atoms with Crippen LogP contribution >= 0.6 is 0 Å². The van der Waals surface area contributed by atoms with E-state index in [2.05, 4.69) is 9.97 Å². The molecular weight excluding hydrogens is 262 g/mol. The number of carbonyl (C=O) groups is 1. The summed E-state index contributed by atoms with van der Waals surface area (Å²) in [5.74, 6) is -1.44. The molecule has 1 N–H and O–H groups in total. The van der Waals surface area contributed by atoms with E-state index in [9.17, 15) is 9.59 Å². The standard InChI is InChI=1S/C13H13N3O4/c1-8(2)16-7-6-15-11(12(16)17)20-9-4-3-5-14-10(9)13(18)19/h3-8H,1-2H3,(H,18,19). The van der Waals surface area contributed by atoms with Crippen molar-refractivity contribution in [2.75, 3.05) is 0 Å². The summed E-state index contributed by atoms with van der Waals surface area (Å²) < 4.78 is 6.75. The first-order valence-corrected chi connectivity index (χ1v) is 5.94. The van der Waals surface area contributed by atoms with Gasteiger partial charge in [-0.05, 0) is 26.0 Å². The summed E-state index contributed by atoms with van der Waals surface area (Å²) in [4.78, 5) is 30.7. The van der Waals surface area contributed by atoms with Gasteiger partial charge in [-0.2, -0.15) is 0 Å². The Morgan fingerprint density at radius 1 is 1.35 bits per heavy atom. The number of carboxylic acid groups (broad SMARTS) is 1. The van der Waals surface area contributed by atoms with Crippen LogP contribution in [-0.4, -0.2) is 25.6 Å². The Morgan fingerprint density at radius 3 is 2.75 bits per heavy atom. The molecule has 20 heavy (non-hydrogen) atoms. The van der Waals surface area contributed by atoms with Gasteiger partial charge >= 0.3 is 11.5 Å². The van der Waals surface area contributed by atoms with Gasteiger partial charge in [0, 0.05) is 24.6 Å². The lowest BCUT2D eigenvalue weighted by molar-refractivity contribution is 0.0687. The largest absolute Gasteiger partial charge is 0.476 e. The van der Waals surface area contributed by atoms with Crippen molar-refractivity contribution in [1.82, 2.24) is 14.5 Å². The zero-order chi connectivity index (χ0) is 14.7. The zero-order valence-electron chi connectivity index (χ0n) is 11.0. The minimum Gasteiger partial charge on any atom is -0.476 e. The van der Waals surface area contributed by atoms with Crippen LogP contribution in [0.15, 0.2) is 35.5 Å². The van der Waals surface area contributed by atoms with E-state index in [4.69, 9.17) is 9.84 Å². The van der Waals surface area contributed by atoms with Crippen LogP contribution in [0, 0.1) is 0 Å². The van der Waals surface area contributed by atoms with Crippen molar-refractivity contribution < 1.29 is 14.6 Å². The number of hydrogen-bond donors (Lipinski definition) is 1. The molecule has 0 saturated carbocycles. The molecule has 0 aliphatic carbocycles. The van der Waals surface area contributed by atoms with Crippen LogP contribution in [0.25, 0.3) is 0 Å². The zero-order valence-corrected chi connectivity index (χ0v) is 11.0. The van der Waals surface area contributed by atoms with Gasteiger partial charge in [-0.3, -0.25) is 4.79 Å². The number of pyridine rings is 1. The van der Waals surface area contributed by atoms with Gasteiger partial charge < -0.3 is 14.4 Å². The summed E-state index contributed by atoms with van der Waals surface area (Å²) in [6, 6.07) is 2.89. The lowest BCUT2D eigenvalue weighted by Crippen LogP contribution is -2.23. The smallest absolute Gasteiger partial charge is 0.358 e. The predicted octanol–water partition coefficient (Wildman–Crippen LogP) is 1.71. The molecule has 0 atom stereocenters. The van der Waals surface area contributed by atoms with Crippen LogP contribution in [-0.2, 0) is 0 Å². The topological polar surface area (TPSA) is 94.3 Å². The van der Waals surface area contributed by atoms with Crippen molar-refractivity contribution in [1.29, 1.82) is 0 Å². The molecule has 0 aliphatic heterocycles. The van der Waals surface area contributed by atoms with E-state index in [1.807, 2.05) is 13.8 Å². The Bertz CT molecular complexity index is 694. The van der Waals surface area contributed by atoms with Crippen molar-refractivity contribution in [2.45, 2.75) is 19.9 Å². The van der Waals surface area contributed by atoms with E-state index in [1.54, 1.807) is 6.20 Å². The van der Waals surface area contributed by atoms with Crippen molar-refractivity contribution in [3.63, 3.8) is 0 Å². The van der Waals surface area contributed by atoms with Crippen molar-refractivity contribution in [3.05, 3.63) is 46.8 Å². The molecule has 7 nitrogen and oxygen atoms in total. The highest BCUT2D eigenvalue weighted by Crippen LogP contribution is 2.20. The fourth-order valence-electron chi connectivity index (χ4n) is 1.62. The molecule has 2 aromatic heterocycles. The maximum Gasteiger partial charge on any atom is 0.358 e. The summed E-state index contributed by atoms with van der Waals surface area (Å²) in [6.45, 7) is 3.69.